The van der Waals surface area contributed by atoms with E-state index >= 15 is 0 Å². The van der Waals surface area contributed by atoms with Crippen molar-refractivity contribution in [1.82, 2.24) is 4.90 Å². The van der Waals surface area contributed by atoms with E-state index in [-0.39, 0.29) is 17.0 Å². The van der Waals surface area contributed by atoms with Crippen molar-refractivity contribution in [2.24, 2.45) is 5.14 Å². The third-order valence-corrected chi connectivity index (χ3v) is 3.16. The maximum absolute atomic E-state index is 13.6. The summed E-state index contributed by atoms with van der Waals surface area (Å²) in [6.07, 6.45) is 1.49. The third-order valence-electron chi connectivity index (χ3n) is 2.25. The molecule has 7 heteroatoms. The van der Waals surface area contributed by atoms with E-state index in [0.29, 0.717) is 0 Å². The second kappa shape index (κ2) is 5.28. The number of halogens is 1. The maximum Gasteiger partial charge on any atom is 0.256 e. The Bertz CT molecular complexity index is 584. The maximum atomic E-state index is 13.6. The zero-order chi connectivity index (χ0) is 13.9. The first-order chi connectivity index (χ1) is 8.27. The van der Waals surface area contributed by atoms with Crippen LogP contribution < -0.4 is 5.14 Å². The van der Waals surface area contributed by atoms with Gasteiger partial charge in [-0.1, -0.05) is 6.08 Å². The molecule has 0 aliphatic heterocycles. The van der Waals surface area contributed by atoms with E-state index in [2.05, 4.69) is 6.58 Å². The molecule has 0 aliphatic carbocycles. The molecule has 1 aromatic rings. The number of hydrogen-bond acceptors (Lipinski definition) is 3. The summed E-state index contributed by atoms with van der Waals surface area (Å²) in [4.78, 5) is 12.7. The van der Waals surface area contributed by atoms with Crippen LogP contribution in [0.1, 0.15) is 10.4 Å². The number of amides is 1. The largest absolute Gasteiger partial charge is 0.338 e. The second-order valence-electron chi connectivity index (χ2n) is 3.66. The van der Waals surface area contributed by atoms with Gasteiger partial charge in [0.2, 0.25) is 10.0 Å². The van der Waals surface area contributed by atoms with E-state index in [1.54, 1.807) is 0 Å². The van der Waals surface area contributed by atoms with Crippen LogP contribution in [0.5, 0.6) is 0 Å². The number of primary sulfonamides is 1. The lowest BCUT2D eigenvalue weighted by Gasteiger charge is -2.15. The van der Waals surface area contributed by atoms with Crippen molar-refractivity contribution in [1.29, 1.82) is 0 Å². The fourth-order valence-electron chi connectivity index (χ4n) is 1.33. The number of hydrogen-bond donors (Lipinski definition) is 1. The van der Waals surface area contributed by atoms with Crippen LogP contribution in [0.3, 0.4) is 0 Å². The fourth-order valence-corrected chi connectivity index (χ4v) is 1.85. The first kappa shape index (κ1) is 14.3. The molecule has 1 amide bonds. The zero-order valence-electron chi connectivity index (χ0n) is 9.76. The molecule has 1 aromatic carbocycles. The molecule has 98 valence electrons. The van der Waals surface area contributed by atoms with E-state index in [1.165, 1.54) is 18.0 Å². The molecular formula is C11H13FN2O3S. The van der Waals surface area contributed by atoms with Crippen molar-refractivity contribution >= 4 is 15.9 Å². The van der Waals surface area contributed by atoms with Crippen LogP contribution in [0, 0.1) is 5.82 Å². The molecule has 0 aliphatic rings. The molecule has 0 bridgehead atoms. The normalized spacial score (nSPS) is 11.1. The highest BCUT2D eigenvalue weighted by Crippen LogP contribution is 2.15. The second-order valence-corrected chi connectivity index (χ2v) is 5.22. The molecule has 0 aromatic heterocycles. The SMILES string of the molecule is C=CCN(C)C(=O)c1ccc(S(N)(=O)=O)cc1F. The molecule has 0 spiro atoms. The summed E-state index contributed by atoms with van der Waals surface area (Å²) in [5.74, 6) is -1.49. The van der Waals surface area contributed by atoms with Gasteiger partial charge in [0.05, 0.1) is 10.5 Å². The lowest BCUT2D eigenvalue weighted by Crippen LogP contribution is -2.27. The molecule has 18 heavy (non-hydrogen) atoms. The van der Waals surface area contributed by atoms with Gasteiger partial charge in [0.15, 0.2) is 0 Å². The van der Waals surface area contributed by atoms with Crippen molar-refractivity contribution in [3.05, 3.63) is 42.2 Å². The summed E-state index contributed by atoms with van der Waals surface area (Å²) in [7, 11) is -2.50. The third kappa shape index (κ3) is 3.14. The van der Waals surface area contributed by atoms with E-state index in [0.717, 1.165) is 18.2 Å². The van der Waals surface area contributed by atoms with Crippen LogP contribution >= 0.6 is 0 Å². The Hall–Kier alpha value is -1.73. The van der Waals surface area contributed by atoms with Crippen molar-refractivity contribution in [2.75, 3.05) is 13.6 Å². The predicted molar refractivity (Wildman–Crippen MR) is 64.9 cm³/mol. The minimum atomic E-state index is -3.98. The van der Waals surface area contributed by atoms with Crippen molar-refractivity contribution in [3.63, 3.8) is 0 Å². The Morgan fingerprint density at radius 2 is 2.17 bits per heavy atom. The van der Waals surface area contributed by atoms with Gasteiger partial charge in [-0.3, -0.25) is 4.79 Å². The van der Waals surface area contributed by atoms with Gasteiger partial charge in [-0.2, -0.15) is 0 Å². The van der Waals surface area contributed by atoms with Crippen molar-refractivity contribution < 1.29 is 17.6 Å². The molecule has 0 saturated heterocycles. The molecule has 0 radical (unpaired) electrons. The molecule has 0 atom stereocenters. The van der Waals surface area contributed by atoms with Crippen LogP contribution in [0.4, 0.5) is 4.39 Å². The van der Waals surface area contributed by atoms with E-state index in [4.69, 9.17) is 5.14 Å². The number of sulfonamides is 1. The van der Waals surface area contributed by atoms with Gasteiger partial charge in [-0.05, 0) is 18.2 Å². The summed E-state index contributed by atoms with van der Waals surface area (Å²) in [6, 6.07) is 2.91. The average molecular weight is 272 g/mol. The lowest BCUT2D eigenvalue weighted by molar-refractivity contribution is 0.0805. The van der Waals surface area contributed by atoms with Crippen LogP contribution in [0.2, 0.25) is 0 Å². The standard InChI is InChI=1S/C11H13FN2O3S/c1-3-6-14(2)11(15)9-5-4-8(7-10(9)12)18(13,16)17/h3-5,7H,1,6H2,2H3,(H2,13,16,17). The Morgan fingerprint density at radius 3 is 2.61 bits per heavy atom. The molecule has 2 N–H and O–H groups in total. The molecular weight excluding hydrogens is 259 g/mol. The molecule has 5 nitrogen and oxygen atoms in total. The zero-order valence-corrected chi connectivity index (χ0v) is 10.6. The molecule has 0 heterocycles. The van der Waals surface area contributed by atoms with Gasteiger partial charge in [0.1, 0.15) is 5.82 Å². The fraction of sp³-hybridized carbons (Fsp3) is 0.182. The topological polar surface area (TPSA) is 80.5 Å². The highest BCUT2D eigenvalue weighted by molar-refractivity contribution is 7.89. The lowest BCUT2D eigenvalue weighted by atomic mass is 10.2. The summed E-state index contributed by atoms with van der Waals surface area (Å²) in [6.45, 7) is 3.72. The highest BCUT2D eigenvalue weighted by Gasteiger charge is 2.18. The van der Waals surface area contributed by atoms with E-state index in [1.807, 2.05) is 0 Å². The van der Waals surface area contributed by atoms with Gasteiger partial charge < -0.3 is 4.90 Å². The van der Waals surface area contributed by atoms with Crippen LogP contribution in [0.15, 0.2) is 35.7 Å². The molecule has 0 fully saturated rings. The number of rotatable bonds is 4. The van der Waals surface area contributed by atoms with Gasteiger partial charge >= 0.3 is 0 Å². The van der Waals surface area contributed by atoms with Gasteiger partial charge in [-0.25, -0.2) is 17.9 Å². The molecule has 0 saturated carbocycles. The predicted octanol–water partition coefficient (Wildman–Crippen LogP) is 0.731. The number of nitrogens with zero attached hydrogens (tertiary/aromatic N) is 1. The minimum absolute atomic E-state index is 0.216. The monoisotopic (exact) mass is 272 g/mol. The van der Waals surface area contributed by atoms with Crippen LogP contribution in [-0.2, 0) is 10.0 Å². The first-order valence-electron chi connectivity index (χ1n) is 4.96. The van der Waals surface area contributed by atoms with E-state index < -0.39 is 21.7 Å². The Kier molecular flexibility index (Phi) is 4.20. The highest BCUT2D eigenvalue weighted by atomic mass is 32.2. The van der Waals surface area contributed by atoms with Gasteiger partial charge in [0.25, 0.3) is 5.91 Å². The smallest absolute Gasteiger partial charge is 0.256 e. The number of carbonyl (C=O) groups is 1. The van der Waals surface area contributed by atoms with Crippen LogP contribution in [0.25, 0.3) is 0 Å². The van der Waals surface area contributed by atoms with E-state index in [9.17, 15) is 17.6 Å². The quantitative estimate of drug-likeness (QED) is 0.820. The van der Waals surface area contributed by atoms with Crippen molar-refractivity contribution in [2.45, 2.75) is 4.90 Å². The minimum Gasteiger partial charge on any atom is -0.338 e. The Morgan fingerprint density at radius 1 is 1.56 bits per heavy atom. The van der Waals surface area contributed by atoms with Crippen LogP contribution in [-0.4, -0.2) is 32.8 Å². The number of carbonyl (C=O) groups excluding carboxylic acids is 1. The Labute approximate surface area is 105 Å². The first-order valence-corrected chi connectivity index (χ1v) is 6.50. The summed E-state index contributed by atoms with van der Waals surface area (Å²) in [5, 5.41) is 4.86. The summed E-state index contributed by atoms with van der Waals surface area (Å²) < 4.78 is 35.6. The number of nitrogens with two attached hydrogens (primary N) is 1. The average Bonchev–Trinajstić information content (AvgIpc) is 2.27. The molecule has 0 unspecified atom stereocenters. The van der Waals surface area contributed by atoms with Crippen molar-refractivity contribution in [3.8, 4) is 0 Å². The summed E-state index contributed by atoms with van der Waals surface area (Å²) in [5.41, 5.74) is -0.216. The molecule has 1 rings (SSSR count). The number of benzene rings is 1. The summed E-state index contributed by atoms with van der Waals surface area (Å²) >= 11 is 0. The number of likely N-dealkylation sites (N-methyl/N-ethyl adjacent to an activating group) is 1. The van der Waals surface area contributed by atoms with Gasteiger partial charge in [0, 0.05) is 13.6 Å². The van der Waals surface area contributed by atoms with Gasteiger partial charge in [-0.15, -0.1) is 6.58 Å². The Balaban J connectivity index is 3.14.